The Hall–Kier alpha value is -2.26. The van der Waals surface area contributed by atoms with Gasteiger partial charge in [-0.3, -0.25) is 0 Å². The van der Waals surface area contributed by atoms with Crippen molar-refractivity contribution in [3.63, 3.8) is 0 Å². The lowest BCUT2D eigenvalue weighted by Gasteiger charge is -2.09. The molecular weight excluding hydrogens is 361 g/mol. The van der Waals surface area contributed by atoms with E-state index in [4.69, 9.17) is 0 Å². The maximum absolute atomic E-state index is 12.8. The fraction of sp³-hybridized carbons (Fsp3) is 0.0667. The molecule has 0 saturated heterocycles. The van der Waals surface area contributed by atoms with E-state index >= 15 is 0 Å². The summed E-state index contributed by atoms with van der Waals surface area (Å²) in [6.07, 6.45) is -4.63. The van der Waals surface area contributed by atoms with E-state index in [1.807, 2.05) is 0 Å². The van der Waals surface area contributed by atoms with Crippen molar-refractivity contribution in [3.05, 3.63) is 60.2 Å². The largest absolute Gasteiger partial charge is 0.416 e. The highest BCUT2D eigenvalue weighted by molar-refractivity contribution is 7.93. The second-order valence-corrected chi connectivity index (χ2v) is 7.70. The van der Waals surface area contributed by atoms with Crippen molar-refractivity contribution in [2.24, 2.45) is 0 Å². The van der Waals surface area contributed by atoms with Gasteiger partial charge in [-0.15, -0.1) is 5.10 Å². The summed E-state index contributed by atoms with van der Waals surface area (Å²) in [4.78, 5) is -0.444. The zero-order valence-corrected chi connectivity index (χ0v) is 13.5. The van der Waals surface area contributed by atoms with Crippen molar-refractivity contribution in [2.45, 2.75) is 15.3 Å². The van der Waals surface area contributed by atoms with Crippen molar-refractivity contribution in [2.75, 3.05) is 0 Å². The minimum atomic E-state index is -4.63. The van der Waals surface area contributed by atoms with Crippen LogP contribution in [0.1, 0.15) is 5.56 Å². The lowest BCUT2D eigenvalue weighted by Crippen LogP contribution is -2.08. The maximum Gasteiger partial charge on any atom is 0.416 e. The Morgan fingerprint density at radius 3 is 2.33 bits per heavy atom. The average Bonchev–Trinajstić information content (AvgIpc) is 3.05. The van der Waals surface area contributed by atoms with Crippen LogP contribution in [0.15, 0.2) is 63.7 Å². The SMILES string of the molecule is O=S(=O)(c1cccc(C(F)(F)F)c1)c1snnc1-c1ccccc1. The molecule has 9 heteroatoms. The monoisotopic (exact) mass is 370 g/mol. The van der Waals surface area contributed by atoms with E-state index in [9.17, 15) is 21.6 Å². The number of halogens is 3. The summed E-state index contributed by atoms with van der Waals surface area (Å²) in [6.45, 7) is 0. The van der Waals surface area contributed by atoms with Gasteiger partial charge in [-0.05, 0) is 18.2 Å². The fourth-order valence-electron chi connectivity index (χ4n) is 2.08. The Labute approximate surface area is 139 Å². The molecule has 0 atom stereocenters. The molecule has 2 aromatic carbocycles. The zero-order chi connectivity index (χ0) is 17.4. The third-order valence-corrected chi connectivity index (χ3v) is 6.18. The van der Waals surface area contributed by atoms with Crippen LogP contribution in [0.25, 0.3) is 11.3 Å². The molecule has 0 aliphatic rings. The quantitative estimate of drug-likeness (QED) is 0.698. The summed E-state index contributed by atoms with van der Waals surface area (Å²) in [7, 11) is -4.16. The predicted molar refractivity (Wildman–Crippen MR) is 82.2 cm³/mol. The molecule has 0 saturated carbocycles. The van der Waals surface area contributed by atoms with Gasteiger partial charge in [-0.2, -0.15) is 13.2 Å². The molecule has 0 bridgehead atoms. The number of benzene rings is 2. The zero-order valence-electron chi connectivity index (χ0n) is 11.9. The normalized spacial score (nSPS) is 12.3. The van der Waals surface area contributed by atoms with Gasteiger partial charge >= 0.3 is 6.18 Å². The van der Waals surface area contributed by atoms with Gasteiger partial charge in [0.25, 0.3) is 0 Å². The third-order valence-electron chi connectivity index (χ3n) is 3.22. The highest BCUT2D eigenvalue weighted by Gasteiger charge is 2.33. The van der Waals surface area contributed by atoms with Gasteiger partial charge < -0.3 is 0 Å². The number of sulfone groups is 1. The van der Waals surface area contributed by atoms with Crippen LogP contribution in [0.2, 0.25) is 0 Å². The van der Waals surface area contributed by atoms with Crippen LogP contribution in [0.4, 0.5) is 13.2 Å². The van der Waals surface area contributed by atoms with Crippen molar-refractivity contribution in [1.29, 1.82) is 0 Å². The Morgan fingerprint density at radius 2 is 1.67 bits per heavy atom. The van der Waals surface area contributed by atoms with Crippen LogP contribution in [0.3, 0.4) is 0 Å². The number of hydrogen-bond acceptors (Lipinski definition) is 5. The van der Waals surface area contributed by atoms with Crippen LogP contribution in [0.5, 0.6) is 0 Å². The molecular formula is C15H9F3N2O2S2. The summed E-state index contributed by atoms with van der Waals surface area (Å²) < 4.78 is 67.4. The first kappa shape index (κ1) is 16.6. The second-order valence-electron chi connectivity index (χ2n) is 4.80. The van der Waals surface area contributed by atoms with Gasteiger partial charge in [-0.1, -0.05) is 40.9 Å². The second kappa shape index (κ2) is 5.99. The van der Waals surface area contributed by atoms with Crippen molar-refractivity contribution >= 4 is 21.4 Å². The number of rotatable bonds is 3. The minimum Gasteiger partial charge on any atom is -0.218 e. The van der Waals surface area contributed by atoms with Gasteiger partial charge in [0.15, 0.2) is 4.21 Å². The minimum absolute atomic E-state index is 0.123. The fourth-order valence-corrected chi connectivity index (χ4v) is 4.47. The van der Waals surface area contributed by atoms with E-state index in [0.29, 0.717) is 23.2 Å². The topological polar surface area (TPSA) is 59.9 Å². The summed E-state index contributed by atoms with van der Waals surface area (Å²) in [6, 6.07) is 12.1. The summed E-state index contributed by atoms with van der Waals surface area (Å²) in [5, 5.41) is 3.82. The van der Waals surface area contributed by atoms with E-state index < -0.39 is 26.5 Å². The van der Waals surface area contributed by atoms with E-state index in [2.05, 4.69) is 9.59 Å². The molecule has 0 N–H and O–H groups in total. The predicted octanol–water partition coefficient (Wildman–Crippen LogP) is 4.06. The molecule has 1 heterocycles. The molecule has 3 rings (SSSR count). The molecule has 0 unspecified atom stereocenters. The van der Waals surface area contributed by atoms with Gasteiger partial charge in [0.2, 0.25) is 9.84 Å². The average molecular weight is 370 g/mol. The van der Waals surface area contributed by atoms with Crippen molar-refractivity contribution in [1.82, 2.24) is 9.59 Å². The highest BCUT2D eigenvalue weighted by atomic mass is 32.2. The first-order valence-corrected chi connectivity index (χ1v) is 8.86. The molecule has 0 aliphatic carbocycles. The van der Waals surface area contributed by atoms with Crippen LogP contribution in [-0.4, -0.2) is 18.0 Å². The summed E-state index contributed by atoms with van der Waals surface area (Å²) >= 11 is 0.629. The molecule has 0 fully saturated rings. The Morgan fingerprint density at radius 1 is 0.958 bits per heavy atom. The number of nitrogens with zero attached hydrogens (tertiary/aromatic N) is 2. The molecule has 0 spiro atoms. The summed E-state index contributed by atoms with van der Waals surface area (Å²) in [5.74, 6) is 0. The highest BCUT2D eigenvalue weighted by Crippen LogP contribution is 2.35. The Balaban J connectivity index is 2.13. The molecule has 4 nitrogen and oxygen atoms in total. The van der Waals surface area contributed by atoms with E-state index in [0.717, 1.165) is 18.2 Å². The van der Waals surface area contributed by atoms with Crippen LogP contribution in [0, 0.1) is 0 Å². The molecule has 24 heavy (non-hydrogen) atoms. The molecule has 0 amide bonds. The number of alkyl halides is 3. The summed E-state index contributed by atoms with van der Waals surface area (Å²) in [5.41, 5.74) is -0.378. The van der Waals surface area contributed by atoms with Gasteiger partial charge in [0.05, 0.1) is 10.5 Å². The van der Waals surface area contributed by atoms with Crippen LogP contribution >= 0.6 is 11.5 Å². The Kier molecular flexibility index (Phi) is 4.14. The van der Waals surface area contributed by atoms with E-state index in [-0.39, 0.29) is 9.90 Å². The molecule has 0 aliphatic heterocycles. The molecule has 0 radical (unpaired) electrons. The van der Waals surface area contributed by atoms with E-state index in [1.165, 1.54) is 0 Å². The third kappa shape index (κ3) is 3.04. The van der Waals surface area contributed by atoms with Crippen LogP contribution in [-0.2, 0) is 16.0 Å². The lowest BCUT2D eigenvalue weighted by molar-refractivity contribution is -0.137. The molecule has 124 valence electrons. The van der Waals surface area contributed by atoms with E-state index in [1.54, 1.807) is 30.3 Å². The van der Waals surface area contributed by atoms with Crippen molar-refractivity contribution < 1.29 is 21.6 Å². The number of aromatic nitrogens is 2. The van der Waals surface area contributed by atoms with Crippen LogP contribution < -0.4 is 0 Å². The first-order chi connectivity index (χ1) is 11.3. The smallest absolute Gasteiger partial charge is 0.218 e. The van der Waals surface area contributed by atoms with Gasteiger partial charge in [0.1, 0.15) is 5.69 Å². The maximum atomic E-state index is 12.8. The standard InChI is InChI=1S/C15H9F3N2O2S2/c16-15(17,18)11-7-4-8-12(9-11)24(21,22)14-13(19-20-23-14)10-5-2-1-3-6-10/h1-9H. The van der Waals surface area contributed by atoms with Gasteiger partial charge in [0, 0.05) is 17.1 Å². The lowest BCUT2D eigenvalue weighted by atomic mass is 10.2. The Bertz CT molecular complexity index is 968. The molecule has 3 aromatic rings. The molecule has 1 aromatic heterocycles. The first-order valence-electron chi connectivity index (χ1n) is 6.60. The number of hydrogen-bond donors (Lipinski definition) is 0. The van der Waals surface area contributed by atoms with Crippen molar-refractivity contribution in [3.8, 4) is 11.3 Å². The van der Waals surface area contributed by atoms with Gasteiger partial charge in [-0.25, -0.2) is 8.42 Å².